The molecule has 2 N–H and O–H groups in total. The number of rotatable bonds is 4. The monoisotopic (exact) mass is 214 g/mol. The molecule has 0 bridgehead atoms. The Kier molecular flexibility index (Phi) is 3.17. The molecule has 0 aliphatic rings. The first-order valence-corrected chi connectivity index (χ1v) is 3.85. The molecule has 0 aromatic heterocycles. The molecule has 1 aromatic rings. The number of benzene rings is 1. The molecular formula is C8H7FN2O4. The summed E-state index contributed by atoms with van der Waals surface area (Å²) in [4.78, 5) is 20.0. The van der Waals surface area contributed by atoms with Gasteiger partial charge in [-0.2, -0.15) is 0 Å². The zero-order valence-electron chi connectivity index (χ0n) is 7.47. The number of carbonyl (C=O) groups is 1. The van der Waals surface area contributed by atoms with E-state index >= 15 is 0 Å². The third-order valence-corrected chi connectivity index (χ3v) is 1.49. The van der Waals surface area contributed by atoms with E-state index in [4.69, 9.17) is 10.5 Å². The van der Waals surface area contributed by atoms with Crippen molar-refractivity contribution in [1.29, 1.82) is 0 Å². The summed E-state index contributed by atoms with van der Waals surface area (Å²) in [6, 6.07) is 2.76. The minimum atomic E-state index is -0.806. The van der Waals surface area contributed by atoms with Crippen molar-refractivity contribution in [2.75, 3.05) is 6.61 Å². The zero-order chi connectivity index (χ0) is 11.4. The summed E-state index contributed by atoms with van der Waals surface area (Å²) in [6.45, 7) is -0.494. The summed E-state index contributed by atoms with van der Waals surface area (Å²) >= 11 is 0. The van der Waals surface area contributed by atoms with Crippen molar-refractivity contribution in [2.45, 2.75) is 0 Å². The number of nitro benzene ring substituents is 1. The fraction of sp³-hybridized carbons (Fsp3) is 0.125. The highest BCUT2D eigenvalue weighted by Gasteiger charge is 2.16. The summed E-state index contributed by atoms with van der Waals surface area (Å²) in [5, 5.41) is 10.5. The fourth-order valence-electron chi connectivity index (χ4n) is 0.904. The Morgan fingerprint density at radius 3 is 2.80 bits per heavy atom. The Morgan fingerprint density at radius 2 is 2.27 bits per heavy atom. The van der Waals surface area contributed by atoms with Gasteiger partial charge in [0.25, 0.3) is 5.91 Å². The van der Waals surface area contributed by atoms with Gasteiger partial charge in [0.15, 0.2) is 12.4 Å². The van der Waals surface area contributed by atoms with Crippen molar-refractivity contribution in [2.24, 2.45) is 5.73 Å². The number of hydrogen-bond donors (Lipinski definition) is 1. The van der Waals surface area contributed by atoms with Crippen LogP contribution in [0.5, 0.6) is 5.75 Å². The van der Waals surface area contributed by atoms with E-state index in [0.717, 1.165) is 12.1 Å². The third kappa shape index (κ3) is 2.90. The minimum absolute atomic E-state index is 0.194. The van der Waals surface area contributed by atoms with Gasteiger partial charge >= 0.3 is 5.69 Å². The Hall–Kier alpha value is -2.18. The second-order valence-corrected chi connectivity index (χ2v) is 2.62. The quantitative estimate of drug-likeness (QED) is 0.586. The maximum absolute atomic E-state index is 12.7. The van der Waals surface area contributed by atoms with Crippen LogP contribution in [0.25, 0.3) is 0 Å². The van der Waals surface area contributed by atoms with Crippen molar-refractivity contribution in [3.63, 3.8) is 0 Å². The lowest BCUT2D eigenvalue weighted by Gasteiger charge is -2.03. The van der Waals surface area contributed by atoms with E-state index in [1.54, 1.807) is 0 Å². The molecule has 0 saturated heterocycles. The predicted octanol–water partition coefficient (Wildman–Crippen LogP) is 0.598. The van der Waals surface area contributed by atoms with Gasteiger partial charge in [-0.3, -0.25) is 14.9 Å². The first kappa shape index (κ1) is 10.9. The molecule has 0 saturated carbocycles. The first-order chi connectivity index (χ1) is 7.00. The highest BCUT2D eigenvalue weighted by molar-refractivity contribution is 5.75. The number of nitro groups is 1. The number of hydrogen-bond acceptors (Lipinski definition) is 4. The van der Waals surface area contributed by atoms with Gasteiger partial charge in [-0.1, -0.05) is 0 Å². The van der Waals surface area contributed by atoms with Gasteiger partial charge in [-0.25, -0.2) is 4.39 Å². The lowest BCUT2D eigenvalue weighted by atomic mass is 10.3. The highest BCUT2D eigenvalue weighted by Crippen LogP contribution is 2.27. The molecule has 1 amide bonds. The summed E-state index contributed by atoms with van der Waals surface area (Å²) in [5.74, 6) is -1.72. The van der Waals surface area contributed by atoms with Crippen LogP contribution in [0.3, 0.4) is 0 Å². The third-order valence-electron chi connectivity index (χ3n) is 1.49. The standard InChI is InChI=1S/C8H7FN2O4/c9-5-1-2-7(15-4-8(10)12)6(3-5)11(13)14/h1-3H,4H2,(H2,10,12). The van der Waals surface area contributed by atoms with E-state index in [-0.39, 0.29) is 5.75 Å². The summed E-state index contributed by atoms with van der Waals surface area (Å²) in [5.41, 5.74) is 4.24. The molecule has 0 fully saturated rings. The van der Waals surface area contributed by atoms with Crippen molar-refractivity contribution >= 4 is 11.6 Å². The molecule has 0 atom stereocenters. The van der Waals surface area contributed by atoms with Crippen LogP contribution in [-0.2, 0) is 4.79 Å². The summed E-state index contributed by atoms with van der Waals surface area (Å²) in [7, 11) is 0. The van der Waals surface area contributed by atoms with Gasteiger partial charge in [0.1, 0.15) is 5.82 Å². The van der Waals surface area contributed by atoms with Gasteiger partial charge in [-0.15, -0.1) is 0 Å². The number of ether oxygens (including phenoxy) is 1. The van der Waals surface area contributed by atoms with Crippen molar-refractivity contribution in [3.8, 4) is 5.75 Å². The molecule has 0 heterocycles. The molecule has 80 valence electrons. The SMILES string of the molecule is NC(=O)COc1ccc(F)cc1[N+](=O)[O-]. The fourth-order valence-corrected chi connectivity index (χ4v) is 0.904. The molecule has 15 heavy (non-hydrogen) atoms. The molecule has 1 aromatic carbocycles. The maximum atomic E-state index is 12.7. The van der Waals surface area contributed by atoms with Crippen LogP contribution in [0.15, 0.2) is 18.2 Å². The van der Waals surface area contributed by atoms with Crippen LogP contribution in [-0.4, -0.2) is 17.4 Å². The van der Waals surface area contributed by atoms with E-state index in [9.17, 15) is 19.3 Å². The van der Waals surface area contributed by atoms with Crippen LogP contribution in [0, 0.1) is 15.9 Å². The Balaban J connectivity index is 2.95. The topological polar surface area (TPSA) is 95.5 Å². The van der Waals surface area contributed by atoms with Gasteiger partial charge in [0.05, 0.1) is 11.0 Å². The van der Waals surface area contributed by atoms with Crippen molar-refractivity contribution < 1.29 is 18.8 Å². The lowest BCUT2D eigenvalue weighted by molar-refractivity contribution is -0.386. The lowest BCUT2D eigenvalue weighted by Crippen LogP contribution is -2.20. The number of amides is 1. The minimum Gasteiger partial charge on any atom is -0.477 e. The molecule has 0 unspecified atom stereocenters. The number of nitrogens with two attached hydrogens (primary N) is 1. The highest BCUT2D eigenvalue weighted by atomic mass is 19.1. The average Bonchev–Trinajstić information content (AvgIpc) is 2.15. The first-order valence-electron chi connectivity index (χ1n) is 3.85. The smallest absolute Gasteiger partial charge is 0.313 e. The van der Waals surface area contributed by atoms with Gasteiger partial charge in [0.2, 0.25) is 0 Å². The predicted molar refractivity (Wildman–Crippen MR) is 47.7 cm³/mol. The van der Waals surface area contributed by atoms with E-state index in [0.29, 0.717) is 6.07 Å². The number of primary amides is 1. The molecule has 0 aliphatic heterocycles. The molecular weight excluding hydrogens is 207 g/mol. The van der Waals surface area contributed by atoms with Crippen molar-refractivity contribution in [3.05, 3.63) is 34.1 Å². The van der Waals surface area contributed by atoms with Gasteiger partial charge in [-0.05, 0) is 12.1 Å². The van der Waals surface area contributed by atoms with E-state index < -0.39 is 28.9 Å². The molecule has 0 radical (unpaired) electrons. The summed E-state index contributed by atoms with van der Waals surface area (Å²) in [6.07, 6.45) is 0. The Labute approximate surface area is 83.6 Å². The maximum Gasteiger partial charge on any atom is 0.313 e. The van der Waals surface area contributed by atoms with Crippen LogP contribution in [0.4, 0.5) is 10.1 Å². The van der Waals surface area contributed by atoms with E-state index in [1.165, 1.54) is 0 Å². The van der Waals surface area contributed by atoms with Crippen LogP contribution >= 0.6 is 0 Å². The number of halogens is 1. The Bertz CT molecular complexity index is 408. The zero-order valence-corrected chi connectivity index (χ0v) is 7.47. The molecule has 7 heteroatoms. The second kappa shape index (κ2) is 4.36. The average molecular weight is 214 g/mol. The van der Waals surface area contributed by atoms with Crippen molar-refractivity contribution in [1.82, 2.24) is 0 Å². The Morgan fingerprint density at radius 1 is 1.60 bits per heavy atom. The van der Waals surface area contributed by atoms with E-state index in [2.05, 4.69) is 0 Å². The summed E-state index contributed by atoms with van der Waals surface area (Å²) < 4.78 is 17.4. The van der Waals surface area contributed by atoms with Crippen LogP contribution < -0.4 is 10.5 Å². The molecule has 1 rings (SSSR count). The largest absolute Gasteiger partial charge is 0.477 e. The molecule has 6 nitrogen and oxygen atoms in total. The number of nitrogens with zero attached hydrogens (tertiary/aromatic N) is 1. The number of carbonyl (C=O) groups excluding carboxylic acids is 1. The molecule has 0 spiro atoms. The van der Waals surface area contributed by atoms with Crippen LogP contribution in [0.2, 0.25) is 0 Å². The van der Waals surface area contributed by atoms with Gasteiger partial charge in [0, 0.05) is 0 Å². The second-order valence-electron chi connectivity index (χ2n) is 2.62. The molecule has 0 aliphatic carbocycles. The van der Waals surface area contributed by atoms with Crippen LogP contribution in [0.1, 0.15) is 0 Å². The normalized spacial score (nSPS) is 9.67. The van der Waals surface area contributed by atoms with E-state index in [1.807, 2.05) is 0 Å². The van der Waals surface area contributed by atoms with Gasteiger partial charge < -0.3 is 10.5 Å².